The summed E-state index contributed by atoms with van der Waals surface area (Å²) in [5, 5.41) is 10.6. The third-order valence-corrected chi connectivity index (χ3v) is 5.74. The molecule has 0 saturated carbocycles. The third-order valence-electron chi connectivity index (χ3n) is 5.29. The Morgan fingerprint density at radius 1 is 1.03 bits per heavy atom. The van der Waals surface area contributed by atoms with Gasteiger partial charge < -0.3 is 5.32 Å². The first-order valence-electron chi connectivity index (χ1n) is 10.5. The minimum absolute atomic E-state index is 0.0255. The van der Waals surface area contributed by atoms with Crippen molar-refractivity contribution >= 4 is 17.5 Å². The van der Waals surface area contributed by atoms with Crippen LogP contribution in [0.5, 0.6) is 0 Å². The maximum atomic E-state index is 13.0. The number of aryl methyl sites for hydroxylation is 1. The number of aromatic nitrogens is 4. The van der Waals surface area contributed by atoms with E-state index < -0.39 is 16.9 Å². The molecule has 0 aliphatic heterocycles. The van der Waals surface area contributed by atoms with Crippen LogP contribution in [0.1, 0.15) is 23.4 Å². The van der Waals surface area contributed by atoms with E-state index in [1.807, 2.05) is 66.9 Å². The smallest absolute Gasteiger partial charge is 0.352 e. The molecule has 0 unspecified atom stereocenters. The van der Waals surface area contributed by atoms with Gasteiger partial charge in [0, 0.05) is 30.3 Å². The van der Waals surface area contributed by atoms with Crippen molar-refractivity contribution in [1.29, 1.82) is 0 Å². The fourth-order valence-corrected chi connectivity index (χ4v) is 3.75. The van der Waals surface area contributed by atoms with Gasteiger partial charge in [-0.05, 0) is 19.1 Å². The number of nitrogens with zero attached hydrogens (tertiary/aromatic N) is 4. The average Bonchev–Trinajstić information content (AvgIpc) is 3.39. The van der Waals surface area contributed by atoms with Crippen molar-refractivity contribution in [3.8, 4) is 16.9 Å². The average molecular weight is 488 g/mol. The summed E-state index contributed by atoms with van der Waals surface area (Å²) >= 11 is 5.77. The minimum atomic E-state index is -4.65. The topological polar surface area (TPSA) is 64.7 Å². The maximum Gasteiger partial charge on any atom is 0.436 e. The van der Waals surface area contributed by atoms with E-state index in [2.05, 4.69) is 10.4 Å². The molecule has 0 fully saturated rings. The summed E-state index contributed by atoms with van der Waals surface area (Å²) in [7, 11) is 0. The Labute approximate surface area is 199 Å². The molecule has 0 saturated heterocycles. The molecule has 6 nitrogen and oxygen atoms in total. The van der Waals surface area contributed by atoms with E-state index in [0.717, 1.165) is 27.2 Å². The summed E-state index contributed by atoms with van der Waals surface area (Å²) in [4.78, 5) is 12.5. The molecule has 1 N–H and O–H groups in total. The molecule has 0 atom stereocenters. The van der Waals surface area contributed by atoms with Gasteiger partial charge in [-0.15, -0.1) is 0 Å². The molecule has 4 aromatic rings. The van der Waals surface area contributed by atoms with E-state index in [0.29, 0.717) is 0 Å². The van der Waals surface area contributed by atoms with Gasteiger partial charge in [-0.2, -0.15) is 23.4 Å². The molecule has 0 radical (unpaired) electrons. The number of alkyl halides is 3. The summed E-state index contributed by atoms with van der Waals surface area (Å²) in [5.41, 5.74) is 2.34. The molecule has 0 aliphatic rings. The first-order valence-corrected chi connectivity index (χ1v) is 10.9. The van der Waals surface area contributed by atoms with Gasteiger partial charge >= 0.3 is 6.18 Å². The first kappa shape index (κ1) is 23.6. The Hall–Kier alpha value is -3.59. The van der Waals surface area contributed by atoms with Crippen LogP contribution in [0.3, 0.4) is 0 Å². The van der Waals surface area contributed by atoms with Crippen molar-refractivity contribution in [2.24, 2.45) is 0 Å². The molecule has 34 heavy (non-hydrogen) atoms. The number of carbonyl (C=O) groups excluding carboxylic acids is 1. The highest BCUT2D eigenvalue weighted by atomic mass is 35.5. The van der Waals surface area contributed by atoms with Gasteiger partial charge in [0.2, 0.25) is 5.91 Å². The van der Waals surface area contributed by atoms with E-state index in [4.69, 9.17) is 16.7 Å². The van der Waals surface area contributed by atoms with Crippen molar-refractivity contribution in [2.75, 3.05) is 0 Å². The molecule has 4 rings (SSSR count). The zero-order valence-corrected chi connectivity index (χ0v) is 18.9. The van der Waals surface area contributed by atoms with Crippen LogP contribution in [-0.2, 0) is 24.1 Å². The van der Waals surface area contributed by atoms with E-state index in [9.17, 15) is 18.0 Å². The quantitative estimate of drug-likeness (QED) is 0.378. The summed E-state index contributed by atoms with van der Waals surface area (Å²) < 4.78 is 41.9. The molecule has 1 amide bonds. The van der Waals surface area contributed by atoms with Gasteiger partial charge in [-0.25, -0.2) is 4.68 Å². The number of amides is 1. The lowest BCUT2D eigenvalue weighted by molar-refractivity contribution is -0.141. The summed E-state index contributed by atoms with van der Waals surface area (Å²) in [6.45, 7) is 1.62. The number of benzene rings is 2. The van der Waals surface area contributed by atoms with Crippen LogP contribution in [0, 0.1) is 6.92 Å². The second-order valence-corrected chi connectivity index (χ2v) is 8.02. The van der Waals surface area contributed by atoms with Gasteiger partial charge in [0.25, 0.3) is 0 Å². The van der Waals surface area contributed by atoms with Crippen LogP contribution in [-0.4, -0.2) is 25.5 Å². The molecule has 2 heterocycles. The van der Waals surface area contributed by atoms with Gasteiger partial charge in [0.1, 0.15) is 0 Å². The molecule has 0 spiro atoms. The fraction of sp³-hybridized carbons (Fsp3) is 0.208. The van der Waals surface area contributed by atoms with Crippen LogP contribution >= 0.6 is 11.6 Å². The van der Waals surface area contributed by atoms with E-state index in [-0.39, 0.29) is 31.1 Å². The van der Waals surface area contributed by atoms with Gasteiger partial charge in [-0.1, -0.05) is 60.1 Å². The summed E-state index contributed by atoms with van der Waals surface area (Å²) in [6.07, 6.45) is -2.85. The van der Waals surface area contributed by atoms with Crippen LogP contribution < -0.4 is 5.32 Å². The lowest BCUT2D eigenvalue weighted by atomic mass is 10.1. The Morgan fingerprint density at radius 3 is 2.29 bits per heavy atom. The number of carbonyl (C=O) groups is 1. The molecule has 176 valence electrons. The highest BCUT2D eigenvalue weighted by Crippen LogP contribution is 2.35. The van der Waals surface area contributed by atoms with Crippen molar-refractivity contribution in [2.45, 2.75) is 32.6 Å². The zero-order chi connectivity index (χ0) is 24.3. The number of nitrogens with one attached hydrogen (secondary N) is 1. The van der Waals surface area contributed by atoms with Crippen molar-refractivity contribution < 1.29 is 18.0 Å². The SMILES string of the molecule is Cc1c(Cl)c(C(F)(F)F)nn1CCC(=O)NCc1cn(-c2ccccc2)nc1-c1ccccc1. The Bertz CT molecular complexity index is 1280. The van der Waals surface area contributed by atoms with Crippen LogP contribution in [0.15, 0.2) is 66.9 Å². The molecule has 2 aromatic carbocycles. The second-order valence-electron chi connectivity index (χ2n) is 7.64. The highest BCUT2D eigenvalue weighted by Gasteiger charge is 2.38. The molecular formula is C24H21ClF3N5O. The molecular weight excluding hydrogens is 467 g/mol. The number of rotatable bonds is 7. The number of hydrogen-bond acceptors (Lipinski definition) is 3. The Balaban J connectivity index is 1.47. The van der Waals surface area contributed by atoms with E-state index >= 15 is 0 Å². The van der Waals surface area contributed by atoms with Crippen LogP contribution in [0.25, 0.3) is 16.9 Å². The molecule has 0 bridgehead atoms. The number of hydrogen-bond donors (Lipinski definition) is 1. The standard InChI is InChI=1S/C24H21ClF3N5O/c1-16-21(25)23(24(26,27)28)31-32(16)13-12-20(34)29-14-18-15-33(19-10-6-3-7-11-19)30-22(18)17-8-4-2-5-9-17/h2-11,15H,12-14H2,1H3,(H,29,34). The van der Waals surface area contributed by atoms with E-state index in [1.54, 1.807) is 4.68 Å². The predicted molar refractivity (Wildman–Crippen MR) is 122 cm³/mol. The van der Waals surface area contributed by atoms with Crippen LogP contribution in [0.2, 0.25) is 5.02 Å². The predicted octanol–water partition coefficient (Wildman–Crippen LogP) is 5.42. The number of para-hydroxylation sites is 1. The van der Waals surface area contributed by atoms with Gasteiger partial charge in [0.15, 0.2) is 5.69 Å². The van der Waals surface area contributed by atoms with Crippen molar-refractivity contribution in [3.05, 3.63) is 88.8 Å². The monoisotopic (exact) mass is 487 g/mol. The normalized spacial score (nSPS) is 11.6. The van der Waals surface area contributed by atoms with Crippen LogP contribution in [0.4, 0.5) is 13.2 Å². The molecule has 2 aromatic heterocycles. The lowest BCUT2D eigenvalue weighted by Crippen LogP contribution is -2.24. The van der Waals surface area contributed by atoms with Gasteiger partial charge in [0.05, 0.1) is 28.6 Å². The van der Waals surface area contributed by atoms with Crippen molar-refractivity contribution in [3.63, 3.8) is 0 Å². The largest absolute Gasteiger partial charge is 0.436 e. The first-order chi connectivity index (χ1) is 16.2. The second kappa shape index (κ2) is 9.72. The van der Waals surface area contributed by atoms with E-state index in [1.165, 1.54) is 6.92 Å². The maximum absolute atomic E-state index is 13.0. The zero-order valence-electron chi connectivity index (χ0n) is 18.2. The summed E-state index contributed by atoms with van der Waals surface area (Å²) in [6, 6.07) is 19.2. The Kier molecular flexibility index (Phi) is 6.74. The lowest BCUT2D eigenvalue weighted by Gasteiger charge is -2.07. The summed E-state index contributed by atoms with van der Waals surface area (Å²) in [5.74, 6) is -0.328. The molecule has 10 heteroatoms. The minimum Gasteiger partial charge on any atom is -0.352 e. The van der Waals surface area contributed by atoms with Crippen molar-refractivity contribution in [1.82, 2.24) is 24.9 Å². The number of halogens is 4. The fourth-order valence-electron chi connectivity index (χ4n) is 3.50. The third kappa shape index (κ3) is 5.14. The molecule has 0 aliphatic carbocycles. The van der Waals surface area contributed by atoms with Gasteiger partial charge in [-0.3, -0.25) is 9.48 Å². The Morgan fingerprint density at radius 2 is 1.68 bits per heavy atom. The highest BCUT2D eigenvalue weighted by molar-refractivity contribution is 6.31.